The van der Waals surface area contributed by atoms with E-state index in [-0.39, 0.29) is 53.2 Å². The van der Waals surface area contributed by atoms with E-state index in [0.29, 0.717) is 19.5 Å². The molecule has 0 aromatic carbocycles. The van der Waals surface area contributed by atoms with Gasteiger partial charge in [-0.15, -0.1) is 0 Å². The molecule has 1 saturated carbocycles. The van der Waals surface area contributed by atoms with Crippen LogP contribution in [-0.2, 0) is 28.8 Å². The maximum absolute atomic E-state index is 14.0. The highest BCUT2D eigenvalue weighted by Gasteiger charge is 2.70. The summed E-state index contributed by atoms with van der Waals surface area (Å²) in [7, 11) is 0. The molecule has 0 spiro atoms. The van der Waals surface area contributed by atoms with Gasteiger partial charge in [0, 0.05) is 25.4 Å². The number of nitrogens with one attached hydrogen (secondary N) is 3. The van der Waals surface area contributed by atoms with Crippen LogP contribution in [0.4, 0.5) is 0 Å². The number of hydrogen-bond acceptors (Lipinski definition) is 6. The molecular formula is C28H45N5O6. The van der Waals surface area contributed by atoms with E-state index in [2.05, 4.69) is 16.0 Å². The summed E-state index contributed by atoms with van der Waals surface area (Å²) in [5.41, 5.74) is 4.17. The van der Waals surface area contributed by atoms with Crippen molar-refractivity contribution in [1.29, 1.82) is 0 Å². The minimum absolute atomic E-state index is 0.0506. The van der Waals surface area contributed by atoms with E-state index in [9.17, 15) is 28.8 Å². The zero-order valence-corrected chi connectivity index (χ0v) is 24.5. The Bertz CT molecular complexity index is 1060. The van der Waals surface area contributed by atoms with Crippen molar-refractivity contribution in [2.45, 2.75) is 92.8 Å². The van der Waals surface area contributed by atoms with Gasteiger partial charge in [0.1, 0.15) is 12.1 Å². The fourth-order valence-electron chi connectivity index (χ4n) is 6.14. The van der Waals surface area contributed by atoms with Crippen molar-refractivity contribution >= 4 is 35.3 Å². The summed E-state index contributed by atoms with van der Waals surface area (Å²) in [6.07, 6.45) is 0.663. The molecular weight excluding hydrogens is 502 g/mol. The van der Waals surface area contributed by atoms with Gasteiger partial charge in [-0.1, -0.05) is 55.4 Å². The van der Waals surface area contributed by atoms with Gasteiger partial charge in [-0.3, -0.25) is 28.8 Å². The lowest BCUT2D eigenvalue weighted by molar-refractivity contribution is -0.146. The van der Waals surface area contributed by atoms with Crippen LogP contribution in [0, 0.1) is 34.0 Å². The first-order valence-electron chi connectivity index (χ1n) is 13.8. The Balaban J connectivity index is 1.86. The summed E-state index contributed by atoms with van der Waals surface area (Å²) in [6.45, 7) is 16.3. The zero-order valence-electron chi connectivity index (χ0n) is 24.5. The average Bonchev–Trinajstić information content (AvgIpc) is 3.14. The molecule has 3 aliphatic rings. The minimum atomic E-state index is -1.27. The molecule has 11 nitrogen and oxygen atoms in total. The Hall–Kier alpha value is -2.98. The Morgan fingerprint density at radius 1 is 1.08 bits per heavy atom. The lowest BCUT2D eigenvalue weighted by atomic mass is 9.84. The number of ketones is 1. The van der Waals surface area contributed by atoms with Gasteiger partial charge in [0.25, 0.3) is 5.91 Å². The molecule has 11 heteroatoms. The molecule has 2 aliphatic heterocycles. The molecule has 6 atom stereocenters. The number of hydrogen-bond donors (Lipinski definition) is 4. The summed E-state index contributed by atoms with van der Waals surface area (Å²) < 4.78 is 0. The number of carbonyl (C=O) groups is 6. The summed E-state index contributed by atoms with van der Waals surface area (Å²) in [6, 6.07) is -3.03. The molecule has 0 aromatic heterocycles. The van der Waals surface area contributed by atoms with E-state index < -0.39 is 47.1 Å². The molecule has 0 aromatic rings. The largest absolute Gasteiger partial charge is 0.363 e. The molecule has 0 bridgehead atoms. The van der Waals surface area contributed by atoms with Crippen molar-refractivity contribution in [1.82, 2.24) is 20.9 Å². The SMILES string of the molecule is CC(C)(C)CC(=O)NC(C(=O)N1C[C@H]2[C@@H]([C@H]1C(=O)NC(CC1CCNC1=O)C(=O)C(N)=O)C2(C)C)C(C)(C)C. The van der Waals surface area contributed by atoms with Crippen LogP contribution in [0.1, 0.15) is 74.7 Å². The lowest BCUT2D eigenvalue weighted by Gasteiger charge is -2.38. The number of Topliss-reactive ketones (excluding diaryl/α,β-unsaturated/α-hetero) is 1. The van der Waals surface area contributed by atoms with Crippen molar-refractivity contribution in [2.75, 3.05) is 13.1 Å². The second-order valence-corrected chi connectivity index (χ2v) is 14.3. The third-order valence-corrected chi connectivity index (χ3v) is 8.43. The predicted octanol–water partition coefficient (Wildman–Crippen LogP) is 0.502. The van der Waals surface area contributed by atoms with Crippen molar-refractivity contribution in [3.8, 4) is 0 Å². The molecule has 0 radical (unpaired) electrons. The van der Waals surface area contributed by atoms with Gasteiger partial charge in [-0.2, -0.15) is 0 Å². The number of carbonyl (C=O) groups excluding carboxylic acids is 6. The smallest absolute Gasteiger partial charge is 0.287 e. The first-order chi connectivity index (χ1) is 17.8. The number of nitrogens with two attached hydrogens (primary N) is 1. The van der Waals surface area contributed by atoms with E-state index in [1.54, 1.807) is 0 Å². The van der Waals surface area contributed by atoms with E-state index >= 15 is 0 Å². The first kappa shape index (κ1) is 30.6. The molecule has 2 heterocycles. The van der Waals surface area contributed by atoms with E-state index in [1.807, 2.05) is 55.4 Å². The van der Waals surface area contributed by atoms with Crippen LogP contribution in [0.15, 0.2) is 0 Å². The van der Waals surface area contributed by atoms with Crippen LogP contribution < -0.4 is 21.7 Å². The molecule has 1 aliphatic carbocycles. The molecule has 3 fully saturated rings. The number of amides is 5. The van der Waals surface area contributed by atoms with E-state index in [4.69, 9.17) is 5.73 Å². The van der Waals surface area contributed by atoms with Crippen molar-refractivity contribution in [2.24, 2.45) is 39.7 Å². The first-order valence-corrected chi connectivity index (χ1v) is 13.8. The Labute approximate surface area is 230 Å². The molecule has 218 valence electrons. The molecule has 5 amide bonds. The summed E-state index contributed by atoms with van der Waals surface area (Å²) in [5.74, 6) is -4.19. The predicted molar refractivity (Wildman–Crippen MR) is 144 cm³/mol. The summed E-state index contributed by atoms with van der Waals surface area (Å²) in [4.78, 5) is 78.6. The Morgan fingerprint density at radius 2 is 1.69 bits per heavy atom. The average molecular weight is 548 g/mol. The second kappa shape index (κ2) is 10.5. The van der Waals surface area contributed by atoms with Crippen molar-refractivity contribution < 1.29 is 28.8 Å². The van der Waals surface area contributed by atoms with Crippen LogP contribution in [0.3, 0.4) is 0 Å². The lowest BCUT2D eigenvalue weighted by Crippen LogP contribution is -2.60. The van der Waals surface area contributed by atoms with Crippen LogP contribution >= 0.6 is 0 Å². The van der Waals surface area contributed by atoms with Gasteiger partial charge in [-0.25, -0.2) is 0 Å². The number of likely N-dealkylation sites (tertiary alicyclic amines) is 1. The van der Waals surface area contributed by atoms with Gasteiger partial charge >= 0.3 is 0 Å². The fraction of sp³-hybridized carbons (Fsp3) is 0.786. The van der Waals surface area contributed by atoms with Gasteiger partial charge in [-0.05, 0) is 40.9 Å². The van der Waals surface area contributed by atoms with Crippen LogP contribution in [-0.4, -0.2) is 71.4 Å². The normalized spacial score (nSPS) is 27.2. The monoisotopic (exact) mass is 547 g/mol. The summed E-state index contributed by atoms with van der Waals surface area (Å²) >= 11 is 0. The third-order valence-electron chi connectivity index (χ3n) is 8.43. The van der Waals surface area contributed by atoms with Crippen molar-refractivity contribution in [3.63, 3.8) is 0 Å². The third kappa shape index (κ3) is 6.61. The molecule has 3 unspecified atom stereocenters. The highest BCUT2D eigenvalue weighted by atomic mass is 16.2. The highest BCUT2D eigenvalue weighted by molar-refractivity contribution is 6.38. The Kier molecular flexibility index (Phi) is 8.26. The van der Waals surface area contributed by atoms with Gasteiger partial charge in [0.2, 0.25) is 29.4 Å². The van der Waals surface area contributed by atoms with Gasteiger partial charge in [0.05, 0.1) is 6.04 Å². The molecule has 2 saturated heterocycles. The molecule has 5 N–H and O–H groups in total. The number of primary amides is 1. The second-order valence-electron chi connectivity index (χ2n) is 14.3. The maximum atomic E-state index is 14.0. The van der Waals surface area contributed by atoms with E-state index in [1.165, 1.54) is 4.90 Å². The van der Waals surface area contributed by atoms with Crippen LogP contribution in [0.25, 0.3) is 0 Å². The molecule has 39 heavy (non-hydrogen) atoms. The number of fused-ring (bicyclic) bond motifs is 1. The van der Waals surface area contributed by atoms with Gasteiger partial charge < -0.3 is 26.6 Å². The summed E-state index contributed by atoms with van der Waals surface area (Å²) in [5, 5.41) is 8.26. The number of rotatable bonds is 9. The van der Waals surface area contributed by atoms with Crippen LogP contribution in [0.5, 0.6) is 0 Å². The maximum Gasteiger partial charge on any atom is 0.287 e. The van der Waals surface area contributed by atoms with E-state index in [0.717, 1.165) is 0 Å². The van der Waals surface area contributed by atoms with Gasteiger partial charge in [0.15, 0.2) is 0 Å². The molecule has 3 rings (SSSR count). The zero-order chi connectivity index (χ0) is 29.7. The minimum Gasteiger partial charge on any atom is -0.363 e. The number of nitrogens with zero attached hydrogens (tertiary/aromatic N) is 1. The van der Waals surface area contributed by atoms with Crippen LogP contribution in [0.2, 0.25) is 0 Å². The standard InChI is InChI=1S/C28H45N5O6/c1-26(2,3)12-17(34)32-21(27(4,5)6)25(39)33-13-15-18(28(15,7)8)19(33)24(38)31-16(20(35)22(29)36)11-14-9-10-30-23(14)37/h14-16,18-19,21H,9-13H2,1-8H3,(H2,29,36)(H,30,37)(H,31,38)(H,32,34)/t14?,15-,16?,18-,19-,21?/m0/s1. The van der Waals surface area contributed by atoms with Crippen molar-refractivity contribution in [3.05, 3.63) is 0 Å². The fourth-order valence-corrected chi connectivity index (χ4v) is 6.14. The highest BCUT2D eigenvalue weighted by Crippen LogP contribution is 2.65. The topological polar surface area (TPSA) is 168 Å². The number of piperidine rings is 1. The quantitative estimate of drug-likeness (QED) is 0.307. The Morgan fingerprint density at radius 3 is 2.18 bits per heavy atom.